The fourth-order valence-electron chi connectivity index (χ4n) is 3.02. The molecular formula is C19H32FIN4. The molecular weight excluding hydrogens is 430 g/mol. The lowest BCUT2D eigenvalue weighted by Gasteiger charge is -2.29. The van der Waals surface area contributed by atoms with Crippen LogP contribution in [0.4, 0.5) is 4.39 Å². The van der Waals surface area contributed by atoms with Crippen molar-refractivity contribution in [3.05, 3.63) is 35.6 Å². The number of rotatable bonds is 7. The molecule has 1 aliphatic heterocycles. The van der Waals surface area contributed by atoms with Gasteiger partial charge in [-0.15, -0.1) is 24.0 Å². The predicted molar refractivity (Wildman–Crippen MR) is 114 cm³/mol. The van der Waals surface area contributed by atoms with Crippen molar-refractivity contribution >= 4 is 29.9 Å². The van der Waals surface area contributed by atoms with Crippen LogP contribution in [0, 0.1) is 11.7 Å². The zero-order valence-electron chi connectivity index (χ0n) is 15.4. The molecule has 1 aromatic rings. The highest BCUT2D eigenvalue weighted by Crippen LogP contribution is 2.10. The van der Waals surface area contributed by atoms with Crippen molar-refractivity contribution in [2.75, 3.05) is 32.7 Å². The van der Waals surface area contributed by atoms with Crippen molar-refractivity contribution in [2.45, 2.75) is 39.7 Å². The molecule has 1 fully saturated rings. The lowest BCUT2D eigenvalue weighted by molar-refractivity contribution is 0.201. The Balaban J connectivity index is 0.00000312. The zero-order valence-corrected chi connectivity index (χ0v) is 17.8. The highest BCUT2D eigenvalue weighted by molar-refractivity contribution is 14.0. The van der Waals surface area contributed by atoms with Crippen molar-refractivity contribution in [2.24, 2.45) is 10.9 Å². The van der Waals surface area contributed by atoms with Crippen LogP contribution in [0.5, 0.6) is 0 Å². The van der Waals surface area contributed by atoms with Crippen LogP contribution in [-0.2, 0) is 6.54 Å². The van der Waals surface area contributed by atoms with E-state index in [0.717, 1.165) is 31.2 Å². The number of guanidine groups is 1. The molecule has 0 saturated carbocycles. The van der Waals surface area contributed by atoms with Crippen molar-refractivity contribution in [3.63, 3.8) is 0 Å². The van der Waals surface area contributed by atoms with Crippen LogP contribution in [0.25, 0.3) is 0 Å². The maximum Gasteiger partial charge on any atom is 0.191 e. The van der Waals surface area contributed by atoms with Crippen molar-refractivity contribution in [3.8, 4) is 0 Å². The molecule has 1 aromatic carbocycles. The molecule has 25 heavy (non-hydrogen) atoms. The second-order valence-electron chi connectivity index (χ2n) is 6.67. The smallest absolute Gasteiger partial charge is 0.191 e. The van der Waals surface area contributed by atoms with Crippen LogP contribution in [0.15, 0.2) is 29.3 Å². The number of hydrogen-bond donors (Lipinski definition) is 2. The topological polar surface area (TPSA) is 39.7 Å². The number of nitrogens with zero attached hydrogens (tertiary/aromatic N) is 2. The number of piperidine rings is 1. The highest BCUT2D eigenvalue weighted by Gasteiger charge is 2.13. The van der Waals surface area contributed by atoms with E-state index >= 15 is 0 Å². The summed E-state index contributed by atoms with van der Waals surface area (Å²) in [5.41, 5.74) is 1.01. The van der Waals surface area contributed by atoms with Gasteiger partial charge in [0.15, 0.2) is 5.96 Å². The number of halogens is 2. The standard InChI is InChI=1S/C19H31FN4.HI/c1-3-21-19(23-14-17-7-9-18(20)10-8-17)22-13-16(2)15-24-11-5-4-6-12-24;/h7-10,16H,3-6,11-15H2,1-2H3,(H2,21,22,23);1H. The van der Waals surface area contributed by atoms with Crippen LogP contribution in [-0.4, -0.2) is 43.6 Å². The first kappa shape index (κ1) is 22.2. The van der Waals surface area contributed by atoms with Gasteiger partial charge in [0.25, 0.3) is 0 Å². The third-order valence-electron chi connectivity index (χ3n) is 4.31. The largest absolute Gasteiger partial charge is 0.357 e. The predicted octanol–water partition coefficient (Wildman–Crippen LogP) is 3.62. The molecule has 0 amide bonds. The summed E-state index contributed by atoms with van der Waals surface area (Å²) in [6.45, 7) is 10.3. The van der Waals surface area contributed by atoms with Gasteiger partial charge in [-0.1, -0.05) is 25.5 Å². The van der Waals surface area contributed by atoms with E-state index < -0.39 is 0 Å². The number of aliphatic imine (C=N–C) groups is 1. The van der Waals surface area contributed by atoms with Gasteiger partial charge in [-0.05, 0) is 56.5 Å². The zero-order chi connectivity index (χ0) is 17.2. The van der Waals surface area contributed by atoms with Gasteiger partial charge in [-0.3, -0.25) is 0 Å². The lowest BCUT2D eigenvalue weighted by atomic mass is 10.1. The van der Waals surface area contributed by atoms with Crippen LogP contribution in [0.3, 0.4) is 0 Å². The normalized spacial score (nSPS) is 16.8. The third-order valence-corrected chi connectivity index (χ3v) is 4.31. The fraction of sp³-hybridized carbons (Fsp3) is 0.632. The maximum atomic E-state index is 12.9. The number of hydrogen-bond acceptors (Lipinski definition) is 2. The minimum atomic E-state index is -0.209. The van der Waals surface area contributed by atoms with E-state index in [0.29, 0.717) is 12.5 Å². The molecule has 1 atom stereocenters. The quantitative estimate of drug-likeness (QED) is 0.370. The molecule has 6 heteroatoms. The van der Waals surface area contributed by atoms with Gasteiger partial charge >= 0.3 is 0 Å². The van der Waals surface area contributed by atoms with E-state index in [1.54, 1.807) is 12.1 Å². The van der Waals surface area contributed by atoms with Gasteiger partial charge in [0.05, 0.1) is 6.54 Å². The average molecular weight is 462 g/mol. The third kappa shape index (κ3) is 8.85. The van der Waals surface area contributed by atoms with E-state index in [1.807, 2.05) is 0 Å². The Morgan fingerprint density at radius 2 is 1.84 bits per heavy atom. The molecule has 1 aliphatic rings. The minimum absolute atomic E-state index is 0. The van der Waals surface area contributed by atoms with E-state index in [4.69, 9.17) is 0 Å². The fourth-order valence-corrected chi connectivity index (χ4v) is 3.02. The molecule has 0 aromatic heterocycles. The Hall–Kier alpha value is -0.890. The molecule has 2 N–H and O–H groups in total. The molecule has 0 spiro atoms. The number of nitrogens with one attached hydrogen (secondary N) is 2. The Labute approximate surface area is 168 Å². The van der Waals surface area contributed by atoms with E-state index in [1.165, 1.54) is 44.5 Å². The first-order valence-corrected chi connectivity index (χ1v) is 9.16. The summed E-state index contributed by atoms with van der Waals surface area (Å²) in [4.78, 5) is 7.16. The van der Waals surface area contributed by atoms with Crippen molar-refractivity contribution in [1.29, 1.82) is 0 Å². The monoisotopic (exact) mass is 462 g/mol. The molecule has 0 radical (unpaired) electrons. The molecule has 4 nitrogen and oxygen atoms in total. The number of likely N-dealkylation sites (tertiary alicyclic amines) is 1. The van der Waals surface area contributed by atoms with Crippen molar-refractivity contribution in [1.82, 2.24) is 15.5 Å². The molecule has 0 aliphatic carbocycles. The molecule has 142 valence electrons. The van der Waals surface area contributed by atoms with Gasteiger partial charge in [0.2, 0.25) is 0 Å². The van der Waals surface area contributed by atoms with Crippen LogP contribution < -0.4 is 10.6 Å². The summed E-state index contributed by atoms with van der Waals surface area (Å²) < 4.78 is 12.9. The molecule has 1 heterocycles. The summed E-state index contributed by atoms with van der Waals surface area (Å²) >= 11 is 0. The Bertz CT molecular complexity index is 501. The van der Waals surface area contributed by atoms with Gasteiger partial charge in [-0.2, -0.15) is 0 Å². The van der Waals surface area contributed by atoms with E-state index in [2.05, 4.69) is 34.4 Å². The molecule has 2 rings (SSSR count). The second kappa shape index (κ2) is 12.5. The molecule has 1 unspecified atom stereocenters. The lowest BCUT2D eigenvalue weighted by Crippen LogP contribution is -2.42. The summed E-state index contributed by atoms with van der Waals surface area (Å²) in [5.74, 6) is 1.20. The van der Waals surface area contributed by atoms with Crippen molar-refractivity contribution < 1.29 is 4.39 Å². The van der Waals surface area contributed by atoms with E-state index in [-0.39, 0.29) is 29.8 Å². The SMILES string of the molecule is CCNC(=NCc1ccc(F)cc1)NCC(C)CN1CCCCC1.I. The summed E-state index contributed by atoms with van der Waals surface area (Å²) in [6.07, 6.45) is 4.05. The summed E-state index contributed by atoms with van der Waals surface area (Å²) in [6, 6.07) is 6.51. The first-order chi connectivity index (χ1) is 11.7. The summed E-state index contributed by atoms with van der Waals surface area (Å²) in [7, 11) is 0. The van der Waals surface area contributed by atoms with Crippen LogP contribution >= 0.6 is 24.0 Å². The molecule has 1 saturated heterocycles. The van der Waals surface area contributed by atoms with Crippen LogP contribution in [0.1, 0.15) is 38.7 Å². The Morgan fingerprint density at radius 1 is 1.16 bits per heavy atom. The number of benzene rings is 1. The van der Waals surface area contributed by atoms with Gasteiger partial charge in [0.1, 0.15) is 5.82 Å². The first-order valence-electron chi connectivity index (χ1n) is 9.16. The summed E-state index contributed by atoms with van der Waals surface area (Å²) in [5, 5.41) is 6.70. The Kier molecular flexibility index (Phi) is 11.0. The highest BCUT2D eigenvalue weighted by atomic mass is 127. The van der Waals surface area contributed by atoms with E-state index in [9.17, 15) is 4.39 Å². The second-order valence-corrected chi connectivity index (χ2v) is 6.67. The van der Waals surface area contributed by atoms with Gasteiger partial charge < -0.3 is 15.5 Å². The average Bonchev–Trinajstić information content (AvgIpc) is 2.59. The minimum Gasteiger partial charge on any atom is -0.357 e. The van der Waals surface area contributed by atoms with Gasteiger partial charge in [-0.25, -0.2) is 9.38 Å². The maximum absolute atomic E-state index is 12.9. The molecule has 0 bridgehead atoms. The van der Waals surface area contributed by atoms with Crippen LogP contribution in [0.2, 0.25) is 0 Å². The Morgan fingerprint density at radius 3 is 2.48 bits per heavy atom. The van der Waals surface area contributed by atoms with Gasteiger partial charge in [0, 0.05) is 19.6 Å².